The van der Waals surface area contributed by atoms with Crippen LogP contribution in [0.15, 0.2) is 67.9 Å². The second kappa shape index (κ2) is 8.76. The van der Waals surface area contributed by atoms with Crippen LogP contribution in [-0.2, 0) is 12.2 Å². The van der Waals surface area contributed by atoms with Crippen molar-refractivity contribution in [3.8, 4) is 11.4 Å². The van der Waals surface area contributed by atoms with Crippen LogP contribution in [0.5, 0.6) is 5.75 Å². The molecule has 2 aromatic carbocycles. The second-order valence-corrected chi connectivity index (χ2v) is 9.21. The quantitative estimate of drug-likeness (QED) is 0.356. The molecule has 0 saturated carbocycles. The number of aryl methyl sites for hydroxylation is 1. The lowest BCUT2D eigenvalue weighted by molar-refractivity contribution is 0.340. The predicted molar refractivity (Wildman–Crippen MR) is 119 cm³/mol. The van der Waals surface area contributed by atoms with Gasteiger partial charge < -0.3 is 4.74 Å². The van der Waals surface area contributed by atoms with E-state index >= 15 is 0 Å². The molecular weight excluding hydrogens is 456 g/mol. The number of nitrogens with zero attached hydrogens (tertiary/aromatic N) is 2. The number of ether oxygens (including phenoxy) is 1. The Kier molecular flexibility index (Phi) is 6.13. The molecule has 144 valence electrons. The van der Waals surface area contributed by atoms with Crippen LogP contribution >= 0.6 is 39.5 Å². The van der Waals surface area contributed by atoms with Gasteiger partial charge in [-0.25, -0.2) is 4.98 Å². The van der Waals surface area contributed by atoms with Gasteiger partial charge in [0, 0.05) is 22.4 Å². The number of hydrogen-bond acceptors (Lipinski definition) is 5. The maximum absolute atomic E-state index is 13.2. The third-order valence-corrected chi connectivity index (χ3v) is 7.00. The Bertz CT molecular complexity index is 1030. The summed E-state index contributed by atoms with van der Waals surface area (Å²) >= 11 is 6.66. The lowest BCUT2D eigenvalue weighted by Crippen LogP contribution is -2.23. The Morgan fingerprint density at radius 1 is 1.18 bits per heavy atom. The van der Waals surface area contributed by atoms with Crippen molar-refractivity contribution in [1.29, 1.82) is 0 Å². The predicted octanol–water partition coefficient (Wildman–Crippen LogP) is 5.33. The van der Waals surface area contributed by atoms with Gasteiger partial charge in [0.1, 0.15) is 5.75 Å². The molecule has 1 aliphatic heterocycles. The van der Waals surface area contributed by atoms with E-state index in [1.54, 1.807) is 28.1 Å². The zero-order valence-corrected chi connectivity index (χ0v) is 18.6. The highest BCUT2D eigenvalue weighted by molar-refractivity contribution is 9.10. The molecule has 2 heterocycles. The Morgan fingerprint density at radius 3 is 2.64 bits per heavy atom. The van der Waals surface area contributed by atoms with Gasteiger partial charge >= 0.3 is 0 Å². The van der Waals surface area contributed by atoms with Crippen LogP contribution in [0.25, 0.3) is 5.69 Å². The van der Waals surface area contributed by atoms with Gasteiger partial charge in [-0.2, -0.15) is 0 Å². The number of rotatable bonds is 6. The SMILES string of the molecule is CCOc1ccc(-n2c(SCc3ccc(Br)cc3)nc3c(c2=O)SCC3)cc1. The normalized spacial score (nSPS) is 12.8. The summed E-state index contributed by atoms with van der Waals surface area (Å²) in [6, 6.07) is 15.9. The molecule has 0 N–H and O–H groups in total. The maximum atomic E-state index is 13.2. The third-order valence-electron chi connectivity index (χ3n) is 4.35. The molecular formula is C21H19BrN2O2S2. The highest BCUT2D eigenvalue weighted by Crippen LogP contribution is 2.31. The lowest BCUT2D eigenvalue weighted by atomic mass is 10.2. The fourth-order valence-corrected chi connectivity index (χ4v) is 5.28. The Labute approximate surface area is 180 Å². The summed E-state index contributed by atoms with van der Waals surface area (Å²) < 4.78 is 8.32. The molecule has 0 amide bonds. The zero-order chi connectivity index (χ0) is 19.5. The fraction of sp³-hybridized carbons (Fsp3) is 0.238. The second-order valence-electron chi connectivity index (χ2n) is 6.25. The number of fused-ring (bicyclic) bond motifs is 1. The first kappa shape index (κ1) is 19.6. The molecule has 4 rings (SSSR count). The molecule has 0 unspecified atom stereocenters. The summed E-state index contributed by atoms with van der Waals surface area (Å²) in [5, 5.41) is 0.735. The number of halogens is 1. The molecule has 4 nitrogen and oxygen atoms in total. The fourth-order valence-electron chi connectivity index (χ4n) is 3.00. The minimum absolute atomic E-state index is 0.0231. The molecule has 0 saturated heterocycles. The first-order chi connectivity index (χ1) is 13.7. The largest absolute Gasteiger partial charge is 0.494 e. The number of thioether (sulfide) groups is 2. The Morgan fingerprint density at radius 2 is 1.93 bits per heavy atom. The van der Waals surface area contributed by atoms with E-state index in [2.05, 4.69) is 28.1 Å². The summed E-state index contributed by atoms with van der Waals surface area (Å²) in [7, 11) is 0. The van der Waals surface area contributed by atoms with Crippen molar-refractivity contribution in [3.05, 3.63) is 74.6 Å². The van der Waals surface area contributed by atoms with Crippen LogP contribution in [0.4, 0.5) is 0 Å². The highest BCUT2D eigenvalue weighted by Gasteiger charge is 2.22. The van der Waals surface area contributed by atoms with Crippen molar-refractivity contribution < 1.29 is 4.74 Å². The molecule has 7 heteroatoms. The molecule has 0 spiro atoms. The molecule has 0 fully saturated rings. The molecule has 0 atom stereocenters. The van der Waals surface area contributed by atoms with Crippen LogP contribution in [-0.4, -0.2) is 21.9 Å². The number of hydrogen-bond donors (Lipinski definition) is 0. The monoisotopic (exact) mass is 474 g/mol. The van der Waals surface area contributed by atoms with Crippen LogP contribution in [0.3, 0.4) is 0 Å². The van der Waals surface area contributed by atoms with Gasteiger partial charge in [-0.05, 0) is 48.9 Å². The molecule has 3 aromatic rings. The van der Waals surface area contributed by atoms with E-state index in [-0.39, 0.29) is 5.56 Å². The Hall–Kier alpha value is -1.70. The van der Waals surface area contributed by atoms with E-state index < -0.39 is 0 Å². The van der Waals surface area contributed by atoms with Gasteiger partial charge in [0.2, 0.25) is 0 Å². The summed E-state index contributed by atoms with van der Waals surface area (Å²) in [5.74, 6) is 2.47. The number of benzene rings is 2. The topological polar surface area (TPSA) is 44.1 Å². The molecule has 1 aromatic heterocycles. The Balaban J connectivity index is 1.71. The van der Waals surface area contributed by atoms with E-state index in [1.807, 2.05) is 43.3 Å². The smallest absolute Gasteiger partial charge is 0.272 e. The molecule has 0 aliphatic carbocycles. The minimum atomic E-state index is 0.0231. The molecule has 1 aliphatic rings. The van der Waals surface area contributed by atoms with Gasteiger partial charge in [0.15, 0.2) is 5.16 Å². The molecule has 0 radical (unpaired) electrons. The highest BCUT2D eigenvalue weighted by atomic mass is 79.9. The van der Waals surface area contributed by atoms with Gasteiger partial charge in [-0.3, -0.25) is 9.36 Å². The van der Waals surface area contributed by atoms with E-state index in [0.29, 0.717) is 6.61 Å². The van der Waals surface area contributed by atoms with Crippen molar-refractivity contribution in [2.45, 2.75) is 29.1 Å². The summed E-state index contributed by atoms with van der Waals surface area (Å²) in [6.07, 6.45) is 0.852. The summed E-state index contributed by atoms with van der Waals surface area (Å²) in [5.41, 5.74) is 2.95. The molecule has 28 heavy (non-hydrogen) atoms. The number of aromatic nitrogens is 2. The van der Waals surface area contributed by atoms with Gasteiger partial charge in [-0.1, -0.05) is 39.8 Å². The third kappa shape index (κ3) is 4.16. The van der Waals surface area contributed by atoms with E-state index in [9.17, 15) is 4.79 Å². The summed E-state index contributed by atoms with van der Waals surface area (Å²) in [4.78, 5) is 18.8. The van der Waals surface area contributed by atoms with Crippen molar-refractivity contribution in [2.24, 2.45) is 0 Å². The molecule has 0 bridgehead atoms. The average molecular weight is 475 g/mol. The van der Waals surface area contributed by atoms with Gasteiger partial charge in [0.25, 0.3) is 5.56 Å². The van der Waals surface area contributed by atoms with Gasteiger partial charge in [-0.15, -0.1) is 11.8 Å². The lowest BCUT2D eigenvalue weighted by Gasteiger charge is -2.14. The standard InChI is InChI=1S/C21H19BrN2O2S2/c1-2-26-17-9-7-16(8-10-17)24-20(25)19-18(11-12-27-19)23-21(24)28-13-14-3-5-15(22)6-4-14/h3-10H,2,11-13H2,1H3. The first-order valence-electron chi connectivity index (χ1n) is 9.05. The van der Waals surface area contributed by atoms with Crippen LogP contribution < -0.4 is 10.3 Å². The average Bonchev–Trinajstić information content (AvgIpc) is 3.18. The van der Waals surface area contributed by atoms with E-state index in [0.717, 1.165) is 49.6 Å². The van der Waals surface area contributed by atoms with Crippen LogP contribution in [0.1, 0.15) is 18.2 Å². The van der Waals surface area contributed by atoms with Crippen LogP contribution in [0, 0.1) is 0 Å². The van der Waals surface area contributed by atoms with Crippen molar-refractivity contribution in [2.75, 3.05) is 12.4 Å². The minimum Gasteiger partial charge on any atom is -0.494 e. The zero-order valence-electron chi connectivity index (χ0n) is 15.4. The maximum Gasteiger partial charge on any atom is 0.272 e. The van der Waals surface area contributed by atoms with Crippen molar-refractivity contribution in [3.63, 3.8) is 0 Å². The van der Waals surface area contributed by atoms with Gasteiger partial charge in [0.05, 0.1) is 22.9 Å². The van der Waals surface area contributed by atoms with Crippen molar-refractivity contribution in [1.82, 2.24) is 9.55 Å². The van der Waals surface area contributed by atoms with Crippen LogP contribution in [0.2, 0.25) is 0 Å². The first-order valence-corrected chi connectivity index (χ1v) is 11.8. The van der Waals surface area contributed by atoms with Crippen molar-refractivity contribution >= 4 is 39.5 Å². The summed E-state index contributed by atoms with van der Waals surface area (Å²) in [6.45, 7) is 2.57. The van der Waals surface area contributed by atoms with E-state index in [1.165, 1.54) is 5.56 Å². The van der Waals surface area contributed by atoms with E-state index in [4.69, 9.17) is 9.72 Å².